The van der Waals surface area contributed by atoms with Crippen LogP contribution in [0.5, 0.6) is 0 Å². The summed E-state index contributed by atoms with van der Waals surface area (Å²) in [6.45, 7) is 2.25. The summed E-state index contributed by atoms with van der Waals surface area (Å²) in [6.07, 6.45) is 5.12. The van der Waals surface area contributed by atoms with Gasteiger partial charge >= 0.3 is 0 Å². The molecule has 0 spiro atoms. The molecule has 2 heterocycles. The van der Waals surface area contributed by atoms with E-state index in [1.165, 1.54) is 12.8 Å². The first-order valence-corrected chi connectivity index (χ1v) is 5.12. The lowest BCUT2D eigenvalue weighted by Gasteiger charge is -2.21. The summed E-state index contributed by atoms with van der Waals surface area (Å²) in [5, 5.41) is 11.3. The highest BCUT2D eigenvalue weighted by molar-refractivity contribution is 5.34. The topological polar surface area (TPSA) is 63.8 Å². The van der Waals surface area contributed by atoms with E-state index in [2.05, 4.69) is 15.5 Å². The lowest BCUT2D eigenvalue weighted by atomic mass is 9.94. The summed E-state index contributed by atoms with van der Waals surface area (Å²) in [4.78, 5) is 0. The molecule has 2 rings (SSSR count). The van der Waals surface area contributed by atoms with Gasteiger partial charge in [0.25, 0.3) is 0 Å². The second-order valence-corrected chi connectivity index (χ2v) is 3.90. The second-order valence-electron chi connectivity index (χ2n) is 3.90. The summed E-state index contributed by atoms with van der Waals surface area (Å²) in [7, 11) is 0. The van der Waals surface area contributed by atoms with Crippen LogP contribution >= 0.6 is 0 Å². The van der Waals surface area contributed by atoms with Crippen molar-refractivity contribution in [1.29, 1.82) is 0 Å². The summed E-state index contributed by atoms with van der Waals surface area (Å²) in [5.74, 6) is 0.694. The van der Waals surface area contributed by atoms with E-state index >= 15 is 0 Å². The molecule has 1 aliphatic heterocycles. The van der Waals surface area contributed by atoms with Crippen LogP contribution in [0.4, 0.5) is 5.69 Å². The van der Waals surface area contributed by atoms with E-state index in [-0.39, 0.29) is 0 Å². The molecule has 4 heteroatoms. The van der Waals surface area contributed by atoms with Gasteiger partial charge in [-0.2, -0.15) is 10.2 Å². The van der Waals surface area contributed by atoms with Crippen molar-refractivity contribution in [3.05, 3.63) is 18.0 Å². The number of hydrogen-bond donors (Lipinski definition) is 2. The number of nitrogens with two attached hydrogens (primary N) is 1. The van der Waals surface area contributed by atoms with Gasteiger partial charge in [-0.05, 0) is 44.3 Å². The monoisotopic (exact) mass is 192 g/mol. The molecular weight excluding hydrogens is 176 g/mol. The van der Waals surface area contributed by atoms with Crippen molar-refractivity contribution < 1.29 is 0 Å². The van der Waals surface area contributed by atoms with Crippen molar-refractivity contribution in [2.75, 3.05) is 18.8 Å². The molecular formula is C10H16N4. The zero-order valence-corrected chi connectivity index (χ0v) is 8.24. The van der Waals surface area contributed by atoms with E-state index in [0.29, 0.717) is 11.6 Å². The maximum Gasteiger partial charge on any atom is 0.0726 e. The average Bonchev–Trinajstić information content (AvgIpc) is 2.19. The fraction of sp³-hybridized carbons (Fsp3) is 0.600. The van der Waals surface area contributed by atoms with Gasteiger partial charge in [0.05, 0.1) is 17.6 Å². The number of anilines is 1. The molecule has 1 saturated heterocycles. The first-order valence-electron chi connectivity index (χ1n) is 5.12. The Labute approximate surface area is 83.9 Å². The number of piperidine rings is 1. The molecule has 0 aliphatic carbocycles. The summed E-state index contributed by atoms with van der Waals surface area (Å²) in [6, 6.07) is 1.92. The molecule has 0 bridgehead atoms. The van der Waals surface area contributed by atoms with Crippen molar-refractivity contribution in [1.82, 2.24) is 15.5 Å². The number of nitrogens with zero attached hydrogens (tertiary/aromatic N) is 2. The number of nitrogens with one attached hydrogen (secondary N) is 1. The standard InChI is InChI=1S/C10H16N4/c11-9-5-10(14-13-7-9)4-8-2-1-3-12-6-8/h5,7-8,12H,1-4,6H2,(H2,11,14). The van der Waals surface area contributed by atoms with Gasteiger partial charge in [-0.1, -0.05) is 0 Å². The van der Waals surface area contributed by atoms with Crippen molar-refractivity contribution >= 4 is 5.69 Å². The zero-order valence-electron chi connectivity index (χ0n) is 8.24. The highest BCUT2D eigenvalue weighted by atomic mass is 15.1. The lowest BCUT2D eigenvalue weighted by molar-refractivity contribution is 0.373. The molecule has 1 aromatic rings. The lowest BCUT2D eigenvalue weighted by Crippen LogP contribution is -2.31. The first-order chi connectivity index (χ1) is 6.84. The number of nitrogen functional groups attached to an aromatic ring is 1. The molecule has 3 N–H and O–H groups in total. The minimum absolute atomic E-state index is 0.694. The van der Waals surface area contributed by atoms with Gasteiger partial charge < -0.3 is 11.1 Å². The van der Waals surface area contributed by atoms with Crippen molar-refractivity contribution in [3.8, 4) is 0 Å². The Morgan fingerprint density at radius 2 is 2.50 bits per heavy atom. The predicted molar refractivity (Wildman–Crippen MR) is 55.7 cm³/mol. The van der Waals surface area contributed by atoms with Gasteiger partial charge in [0, 0.05) is 0 Å². The Bertz CT molecular complexity index is 294. The Morgan fingerprint density at radius 3 is 3.21 bits per heavy atom. The minimum Gasteiger partial charge on any atom is -0.397 e. The van der Waals surface area contributed by atoms with E-state index in [0.717, 1.165) is 25.2 Å². The molecule has 1 fully saturated rings. The number of rotatable bonds is 2. The molecule has 0 saturated carbocycles. The predicted octanol–water partition coefficient (Wildman–Crippen LogP) is 0.601. The Kier molecular flexibility index (Phi) is 2.93. The summed E-state index contributed by atoms with van der Waals surface area (Å²) in [5.41, 5.74) is 7.37. The molecule has 4 nitrogen and oxygen atoms in total. The van der Waals surface area contributed by atoms with Crippen LogP contribution in [0.25, 0.3) is 0 Å². The SMILES string of the molecule is Nc1cnnc(CC2CCCNC2)c1. The van der Waals surface area contributed by atoms with Crippen LogP contribution in [-0.4, -0.2) is 23.3 Å². The molecule has 0 aromatic carbocycles. The van der Waals surface area contributed by atoms with E-state index in [1.54, 1.807) is 6.20 Å². The minimum atomic E-state index is 0.694. The summed E-state index contributed by atoms with van der Waals surface area (Å²) >= 11 is 0. The third kappa shape index (κ3) is 2.42. The number of aromatic nitrogens is 2. The van der Waals surface area contributed by atoms with Crippen molar-refractivity contribution in [2.24, 2.45) is 5.92 Å². The van der Waals surface area contributed by atoms with Crippen LogP contribution in [0.1, 0.15) is 18.5 Å². The van der Waals surface area contributed by atoms with Crippen LogP contribution in [0.15, 0.2) is 12.3 Å². The molecule has 1 unspecified atom stereocenters. The Morgan fingerprint density at radius 1 is 1.57 bits per heavy atom. The highest BCUT2D eigenvalue weighted by Gasteiger charge is 2.14. The third-order valence-corrected chi connectivity index (χ3v) is 2.62. The maximum atomic E-state index is 5.65. The van der Waals surface area contributed by atoms with Gasteiger partial charge in [-0.25, -0.2) is 0 Å². The first kappa shape index (κ1) is 9.40. The van der Waals surface area contributed by atoms with Crippen LogP contribution in [0.3, 0.4) is 0 Å². The van der Waals surface area contributed by atoms with E-state index in [4.69, 9.17) is 5.73 Å². The average molecular weight is 192 g/mol. The van der Waals surface area contributed by atoms with Gasteiger partial charge in [0.1, 0.15) is 0 Å². The van der Waals surface area contributed by atoms with Crippen molar-refractivity contribution in [3.63, 3.8) is 0 Å². The molecule has 76 valence electrons. The smallest absolute Gasteiger partial charge is 0.0726 e. The van der Waals surface area contributed by atoms with Gasteiger partial charge in [0.15, 0.2) is 0 Å². The molecule has 0 radical (unpaired) electrons. The van der Waals surface area contributed by atoms with E-state index in [1.807, 2.05) is 6.07 Å². The normalized spacial score (nSPS) is 22.1. The van der Waals surface area contributed by atoms with Crippen LogP contribution in [0.2, 0.25) is 0 Å². The van der Waals surface area contributed by atoms with Crippen LogP contribution in [0, 0.1) is 5.92 Å². The van der Waals surface area contributed by atoms with E-state index < -0.39 is 0 Å². The Hall–Kier alpha value is -1.16. The largest absolute Gasteiger partial charge is 0.397 e. The fourth-order valence-electron chi connectivity index (χ4n) is 1.92. The molecule has 14 heavy (non-hydrogen) atoms. The van der Waals surface area contributed by atoms with Crippen molar-refractivity contribution in [2.45, 2.75) is 19.3 Å². The zero-order chi connectivity index (χ0) is 9.80. The highest BCUT2D eigenvalue weighted by Crippen LogP contribution is 2.15. The molecule has 1 aromatic heterocycles. The van der Waals surface area contributed by atoms with Crippen LogP contribution < -0.4 is 11.1 Å². The molecule has 0 amide bonds. The fourth-order valence-corrected chi connectivity index (χ4v) is 1.92. The third-order valence-electron chi connectivity index (χ3n) is 2.62. The Balaban J connectivity index is 1.95. The molecule has 1 atom stereocenters. The van der Waals surface area contributed by atoms with Gasteiger partial charge in [-0.3, -0.25) is 0 Å². The van der Waals surface area contributed by atoms with Gasteiger partial charge in [-0.15, -0.1) is 0 Å². The summed E-state index contributed by atoms with van der Waals surface area (Å²) < 4.78 is 0. The maximum absolute atomic E-state index is 5.65. The van der Waals surface area contributed by atoms with Gasteiger partial charge in [0.2, 0.25) is 0 Å². The number of hydrogen-bond acceptors (Lipinski definition) is 4. The quantitative estimate of drug-likeness (QED) is 0.720. The van der Waals surface area contributed by atoms with Crippen LogP contribution in [-0.2, 0) is 6.42 Å². The van der Waals surface area contributed by atoms with E-state index in [9.17, 15) is 0 Å². The second kappa shape index (κ2) is 4.37. The molecule has 1 aliphatic rings.